The van der Waals surface area contributed by atoms with Crippen molar-refractivity contribution in [2.45, 2.75) is 31.4 Å². The Bertz CT molecular complexity index is 432. The fraction of sp³-hybridized carbons (Fsp3) is 0.917. The minimum atomic E-state index is -4.59. The van der Waals surface area contributed by atoms with E-state index in [-0.39, 0.29) is 18.9 Å². The van der Waals surface area contributed by atoms with Crippen LogP contribution in [0.15, 0.2) is 0 Å². The second-order valence-corrected chi connectivity index (χ2v) is 7.28. The number of nitrogens with zero attached hydrogens (tertiary/aromatic N) is 2. The first-order valence-electron chi connectivity index (χ1n) is 6.80. The Morgan fingerprint density at radius 1 is 1.26 bits per heavy atom. The van der Waals surface area contributed by atoms with Crippen molar-refractivity contribution >= 4 is 16.1 Å². The lowest BCUT2D eigenvalue weighted by molar-refractivity contribution is -0.127. The van der Waals surface area contributed by atoms with Crippen molar-refractivity contribution in [3.63, 3.8) is 0 Å². The van der Waals surface area contributed by atoms with Crippen LogP contribution in [0.25, 0.3) is 0 Å². The van der Waals surface area contributed by atoms with Gasteiger partial charge in [-0.25, -0.2) is 0 Å². The van der Waals surface area contributed by atoms with Gasteiger partial charge in [-0.2, -0.15) is 8.42 Å². The van der Waals surface area contributed by atoms with Crippen LogP contribution in [0.1, 0.15) is 26.2 Å². The number of rotatable bonds is 4. The van der Waals surface area contributed by atoms with Gasteiger partial charge in [0.05, 0.1) is 0 Å². The number of carbonyl (C=O) groups excluding carboxylic acids is 1. The molecule has 0 aromatic rings. The molecular formula is C12H21FN2O3S. The van der Waals surface area contributed by atoms with E-state index < -0.39 is 15.5 Å². The maximum atomic E-state index is 12.9. The van der Waals surface area contributed by atoms with Crippen LogP contribution in [0.5, 0.6) is 0 Å². The highest BCUT2D eigenvalue weighted by Gasteiger charge is 2.38. The summed E-state index contributed by atoms with van der Waals surface area (Å²) in [7, 11) is -4.59. The second-order valence-electron chi connectivity index (χ2n) is 5.67. The molecule has 0 radical (unpaired) electrons. The van der Waals surface area contributed by atoms with Crippen LogP contribution >= 0.6 is 0 Å². The van der Waals surface area contributed by atoms with E-state index >= 15 is 0 Å². The SMILES string of the molecule is CC1CCN(CCN2CC(S(=O)(=O)F)CC2=O)CC1. The van der Waals surface area contributed by atoms with Gasteiger partial charge in [-0.3, -0.25) is 4.79 Å². The van der Waals surface area contributed by atoms with Gasteiger partial charge in [-0.15, -0.1) is 3.89 Å². The largest absolute Gasteiger partial charge is 0.340 e. The maximum Gasteiger partial charge on any atom is 0.307 e. The van der Waals surface area contributed by atoms with E-state index in [4.69, 9.17) is 0 Å². The van der Waals surface area contributed by atoms with E-state index in [0.717, 1.165) is 38.4 Å². The Balaban J connectivity index is 1.79. The molecule has 1 unspecified atom stereocenters. The minimum absolute atomic E-state index is 0.00189. The molecule has 2 aliphatic heterocycles. The van der Waals surface area contributed by atoms with E-state index in [0.29, 0.717) is 6.54 Å². The van der Waals surface area contributed by atoms with Crippen LogP contribution in [0.2, 0.25) is 0 Å². The third-order valence-electron chi connectivity index (χ3n) is 4.14. The summed E-state index contributed by atoms with van der Waals surface area (Å²) in [5.41, 5.74) is 0. The van der Waals surface area contributed by atoms with Crippen LogP contribution in [0.3, 0.4) is 0 Å². The number of piperidine rings is 1. The van der Waals surface area contributed by atoms with Crippen molar-refractivity contribution in [1.82, 2.24) is 9.80 Å². The summed E-state index contributed by atoms with van der Waals surface area (Å²) >= 11 is 0. The molecule has 2 aliphatic rings. The Kier molecular flexibility index (Phi) is 4.45. The molecule has 0 bridgehead atoms. The molecule has 0 aromatic heterocycles. The second kappa shape index (κ2) is 5.75. The number of halogens is 1. The molecule has 0 saturated carbocycles. The Hall–Kier alpha value is -0.690. The predicted octanol–water partition coefficient (Wildman–Crippen LogP) is 0.619. The summed E-state index contributed by atoms with van der Waals surface area (Å²) in [6.45, 7) is 5.53. The fourth-order valence-electron chi connectivity index (χ4n) is 2.69. The molecule has 2 heterocycles. The Morgan fingerprint density at radius 2 is 1.89 bits per heavy atom. The monoisotopic (exact) mass is 292 g/mol. The van der Waals surface area contributed by atoms with Crippen molar-refractivity contribution in [2.75, 3.05) is 32.7 Å². The molecule has 1 atom stereocenters. The lowest BCUT2D eigenvalue weighted by Crippen LogP contribution is -2.40. The van der Waals surface area contributed by atoms with Gasteiger partial charge >= 0.3 is 10.2 Å². The summed E-state index contributed by atoms with van der Waals surface area (Å²) in [5.74, 6) is 0.502. The molecule has 110 valence electrons. The van der Waals surface area contributed by atoms with E-state index in [2.05, 4.69) is 11.8 Å². The van der Waals surface area contributed by atoms with Crippen molar-refractivity contribution in [3.8, 4) is 0 Å². The molecule has 2 fully saturated rings. The first-order valence-corrected chi connectivity index (χ1v) is 8.24. The zero-order valence-electron chi connectivity index (χ0n) is 11.2. The predicted molar refractivity (Wildman–Crippen MR) is 69.9 cm³/mol. The van der Waals surface area contributed by atoms with Gasteiger partial charge in [0.2, 0.25) is 5.91 Å². The molecule has 0 aliphatic carbocycles. The smallest absolute Gasteiger partial charge is 0.307 e. The molecule has 5 nitrogen and oxygen atoms in total. The molecule has 0 N–H and O–H groups in total. The van der Waals surface area contributed by atoms with Crippen LogP contribution in [-0.2, 0) is 15.0 Å². The summed E-state index contributed by atoms with van der Waals surface area (Å²) in [5, 5.41) is -1.17. The van der Waals surface area contributed by atoms with E-state index in [1.54, 1.807) is 0 Å². The molecular weight excluding hydrogens is 271 g/mol. The normalized spacial score (nSPS) is 27.2. The van der Waals surface area contributed by atoms with Crippen LogP contribution in [-0.4, -0.2) is 62.1 Å². The molecule has 0 spiro atoms. The summed E-state index contributed by atoms with van der Waals surface area (Å²) in [6.07, 6.45) is 2.11. The molecule has 2 saturated heterocycles. The van der Waals surface area contributed by atoms with Gasteiger partial charge in [0.15, 0.2) is 0 Å². The zero-order chi connectivity index (χ0) is 14.0. The molecule has 7 heteroatoms. The standard InChI is InChI=1S/C12H21FN2O3S/c1-10-2-4-14(5-3-10)6-7-15-9-11(8-12(15)16)19(13,17)18/h10-11H,2-9H2,1H3. The summed E-state index contributed by atoms with van der Waals surface area (Å²) in [4.78, 5) is 15.4. The molecule has 2 rings (SSSR count). The zero-order valence-corrected chi connectivity index (χ0v) is 12.0. The van der Waals surface area contributed by atoms with Gasteiger partial charge in [0.25, 0.3) is 0 Å². The topological polar surface area (TPSA) is 57.7 Å². The van der Waals surface area contributed by atoms with Crippen LogP contribution < -0.4 is 0 Å². The Labute approximate surface area is 114 Å². The highest BCUT2D eigenvalue weighted by Crippen LogP contribution is 2.20. The van der Waals surface area contributed by atoms with Crippen LogP contribution in [0, 0.1) is 5.92 Å². The van der Waals surface area contributed by atoms with Crippen molar-refractivity contribution in [1.29, 1.82) is 0 Å². The van der Waals surface area contributed by atoms with Gasteiger partial charge < -0.3 is 9.80 Å². The van der Waals surface area contributed by atoms with Gasteiger partial charge in [-0.05, 0) is 31.8 Å². The molecule has 0 aromatic carbocycles. The minimum Gasteiger partial charge on any atom is -0.340 e. The Morgan fingerprint density at radius 3 is 2.42 bits per heavy atom. The number of hydrogen-bond acceptors (Lipinski definition) is 4. The number of hydrogen-bond donors (Lipinski definition) is 0. The van der Waals surface area contributed by atoms with E-state index in [9.17, 15) is 17.1 Å². The summed E-state index contributed by atoms with van der Waals surface area (Å²) in [6, 6.07) is 0. The highest BCUT2D eigenvalue weighted by atomic mass is 32.3. The average molecular weight is 292 g/mol. The van der Waals surface area contributed by atoms with Gasteiger partial charge in [0.1, 0.15) is 5.25 Å². The first-order chi connectivity index (χ1) is 8.86. The third kappa shape index (κ3) is 3.89. The highest BCUT2D eigenvalue weighted by molar-refractivity contribution is 7.87. The van der Waals surface area contributed by atoms with E-state index in [1.165, 1.54) is 4.90 Å². The van der Waals surface area contributed by atoms with Crippen molar-refractivity contribution < 1.29 is 17.1 Å². The number of carbonyl (C=O) groups is 1. The van der Waals surface area contributed by atoms with Crippen molar-refractivity contribution in [2.24, 2.45) is 5.92 Å². The molecule has 1 amide bonds. The van der Waals surface area contributed by atoms with Crippen molar-refractivity contribution in [3.05, 3.63) is 0 Å². The van der Waals surface area contributed by atoms with Gasteiger partial charge in [0, 0.05) is 26.1 Å². The number of likely N-dealkylation sites (tertiary alicyclic amines) is 2. The fourth-order valence-corrected chi connectivity index (χ4v) is 3.39. The maximum absolute atomic E-state index is 12.9. The quantitative estimate of drug-likeness (QED) is 0.713. The molecule has 19 heavy (non-hydrogen) atoms. The average Bonchev–Trinajstić information content (AvgIpc) is 2.70. The summed E-state index contributed by atoms with van der Waals surface area (Å²) < 4.78 is 34.5. The van der Waals surface area contributed by atoms with E-state index in [1.807, 2.05) is 0 Å². The lowest BCUT2D eigenvalue weighted by atomic mass is 9.99. The number of amides is 1. The van der Waals surface area contributed by atoms with Crippen LogP contribution in [0.4, 0.5) is 3.89 Å². The van der Waals surface area contributed by atoms with Gasteiger partial charge in [-0.1, -0.05) is 6.92 Å². The first kappa shape index (κ1) is 14.7. The third-order valence-corrected chi connectivity index (χ3v) is 5.25. The lowest BCUT2D eigenvalue weighted by Gasteiger charge is -2.31.